The van der Waals surface area contributed by atoms with Gasteiger partial charge in [-0.2, -0.15) is 0 Å². The first-order chi connectivity index (χ1) is 15.7. The number of hydrogen-bond donors (Lipinski definition) is 2. The maximum absolute atomic E-state index is 13.4. The van der Waals surface area contributed by atoms with Crippen molar-refractivity contribution in [2.24, 2.45) is 0 Å². The molecule has 2 aromatic carbocycles. The summed E-state index contributed by atoms with van der Waals surface area (Å²) in [7, 11) is 0. The summed E-state index contributed by atoms with van der Waals surface area (Å²) < 4.78 is 13.4. The summed E-state index contributed by atoms with van der Waals surface area (Å²) in [6.07, 6.45) is 6.07. The van der Waals surface area contributed by atoms with E-state index in [-0.39, 0.29) is 36.9 Å². The van der Waals surface area contributed by atoms with Crippen molar-refractivity contribution >= 4 is 27.8 Å². The van der Waals surface area contributed by atoms with Crippen LogP contribution in [-0.4, -0.2) is 45.0 Å². The van der Waals surface area contributed by atoms with Gasteiger partial charge in [-0.15, -0.1) is 13.1 Å². The quantitative estimate of drug-likeness (QED) is 0.263. The van der Waals surface area contributed by atoms with Crippen molar-refractivity contribution in [2.45, 2.75) is 37.8 Å². The molecule has 1 fully saturated rings. The number of rotatable bonds is 6. The van der Waals surface area contributed by atoms with Gasteiger partial charge in [-0.05, 0) is 61.1 Å². The van der Waals surface area contributed by atoms with Crippen LogP contribution in [0.25, 0.3) is 33.1 Å². The normalized spacial score (nSPS) is 18.5. The van der Waals surface area contributed by atoms with Crippen LogP contribution in [0.15, 0.2) is 48.8 Å². The third-order valence-electron chi connectivity index (χ3n) is 6.70. The van der Waals surface area contributed by atoms with Crippen molar-refractivity contribution in [2.75, 3.05) is 18.4 Å². The molecule has 33 heavy (non-hydrogen) atoms. The summed E-state index contributed by atoms with van der Waals surface area (Å²) in [6.45, 7) is 9.70. The predicted molar refractivity (Wildman–Crippen MR) is 129 cm³/mol. The van der Waals surface area contributed by atoms with E-state index in [4.69, 9.17) is 0 Å². The number of H-pyrrole nitrogens is 1. The number of benzene rings is 2. The molecule has 0 aliphatic heterocycles. The molecule has 0 radical (unpaired) electrons. The van der Waals surface area contributed by atoms with E-state index in [0.29, 0.717) is 12.1 Å². The number of aromatic nitrogens is 3. The summed E-state index contributed by atoms with van der Waals surface area (Å²) in [5, 5.41) is 5.77. The van der Waals surface area contributed by atoms with Crippen LogP contribution < -0.4 is 5.32 Å². The number of fused-ring (bicyclic) bond motifs is 3. The molecule has 1 saturated carbocycles. The average Bonchev–Trinajstić information content (AvgIpc) is 3.20. The zero-order valence-electron chi connectivity index (χ0n) is 18.6. The van der Waals surface area contributed by atoms with Crippen molar-refractivity contribution in [1.82, 2.24) is 19.9 Å². The molecule has 0 unspecified atom stereocenters. The molecular formula is C26H28FN5U. The first-order valence-corrected chi connectivity index (χ1v) is 11.3. The first kappa shape index (κ1) is 24.2. The number of hydrogen-bond acceptors (Lipinski definition) is 4. The maximum Gasteiger partial charge on any atom is 2.00 e. The van der Waals surface area contributed by atoms with Crippen LogP contribution in [0.4, 0.5) is 10.2 Å². The fraction of sp³-hybridized carbons (Fsp3) is 0.308. The Hall–Kier alpha value is -1.94. The molecule has 5 rings (SSSR count). The largest absolute Gasteiger partial charge is 2.00 e. The molecule has 0 bridgehead atoms. The van der Waals surface area contributed by atoms with Crippen LogP contribution >= 0.6 is 0 Å². The van der Waals surface area contributed by atoms with Crippen LogP contribution in [-0.2, 0) is 0 Å². The van der Waals surface area contributed by atoms with Gasteiger partial charge in [0.15, 0.2) is 0 Å². The Morgan fingerprint density at radius 2 is 1.67 bits per heavy atom. The third kappa shape index (κ3) is 4.96. The van der Waals surface area contributed by atoms with E-state index in [2.05, 4.69) is 51.1 Å². The zero-order chi connectivity index (χ0) is 22.1. The second-order valence-corrected chi connectivity index (χ2v) is 8.52. The van der Waals surface area contributed by atoms with E-state index in [1.54, 1.807) is 18.5 Å². The summed E-state index contributed by atoms with van der Waals surface area (Å²) in [5.74, 6) is 0.636. The topological polar surface area (TPSA) is 56.8 Å². The van der Waals surface area contributed by atoms with E-state index in [1.165, 1.54) is 12.1 Å². The molecule has 4 aromatic rings. The van der Waals surface area contributed by atoms with Gasteiger partial charge < -0.3 is 29.0 Å². The van der Waals surface area contributed by atoms with Gasteiger partial charge in [-0.1, -0.05) is 18.2 Å². The fourth-order valence-electron chi connectivity index (χ4n) is 4.91. The van der Waals surface area contributed by atoms with Gasteiger partial charge >= 0.3 is 31.1 Å². The molecule has 0 atom stereocenters. The molecule has 2 aromatic heterocycles. The fourth-order valence-corrected chi connectivity index (χ4v) is 4.91. The number of aromatic amines is 1. The van der Waals surface area contributed by atoms with E-state index in [1.807, 2.05) is 6.07 Å². The maximum atomic E-state index is 13.4. The Morgan fingerprint density at radius 1 is 0.970 bits per heavy atom. The molecule has 0 amide bonds. The Labute approximate surface area is 217 Å². The van der Waals surface area contributed by atoms with Crippen LogP contribution in [0, 0.1) is 50.8 Å². The number of anilines is 1. The van der Waals surface area contributed by atoms with Gasteiger partial charge in [0.1, 0.15) is 23.6 Å². The summed E-state index contributed by atoms with van der Waals surface area (Å²) >= 11 is 0. The van der Waals surface area contributed by atoms with E-state index < -0.39 is 0 Å². The van der Waals surface area contributed by atoms with Crippen molar-refractivity contribution in [3.8, 4) is 11.1 Å². The van der Waals surface area contributed by atoms with Gasteiger partial charge in [0.05, 0.1) is 5.39 Å². The minimum absolute atomic E-state index is 0. The van der Waals surface area contributed by atoms with Crippen LogP contribution in [0.5, 0.6) is 0 Å². The second-order valence-electron chi connectivity index (χ2n) is 8.52. The molecule has 2 N–H and O–H groups in total. The van der Waals surface area contributed by atoms with Gasteiger partial charge in [0.2, 0.25) is 0 Å². The predicted octanol–water partition coefficient (Wildman–Crippen LogP) is 5.61. The van der Waals surface area contributed by atoms with Crippen LogP contribution in [0.1, 0.15) is 25.7 Å². The van der Waals surface area contributed by atoms with Crippen molar-refractivity contribution < 1.29 is 35.5 Å². The van der Waals surface area contributed by atoms with Gasteiger partial charge in [-0.25, -0.2) is 14.4 Å². The number of nitrogens with zero attached hydrogens (tertiary/aromatic N) is 3. The summed E-state index contributed by atoms with van der Waals surface area (Å²) in [5.41, 5.74) is 3.85. The van der Waals surface area contributed by atoms with Crippen molar-refractivity contribution in [3.63, 3.8) is 0 Å². The van der Waals surface area contributed by atoms with Crippen molar-refractivity contribution in [1.29, 1.82) is 0 Å². The molecule has 7 heteroatoms. The zero-order valence-corrected chi connectivity index (χ0v) is 22.8. The standard InChI is InChI=1S/C26H28FN5.U/c1-3-32(4-2)21-12-10-20(11-13-21)30-25-24-22-15-18(17-5-8-19(27)9-6-17)7-14-23(22)31-26(24)29-16-28-25;/h5-9,14-16,20-21H,1-4,10-13H2,(H2,28,29,30,31);/q-2;+2. The Balaban J connectivity index is 0.00000259. The van der Waals surface area contributed by atoms with Gasteiger partial charge in [0, 0.05) is 23.0 Å². The number of halogens is 1. The molecule has 5 nitrogen and oxygen atoms in total. The Morgan fingerprint density at radius 3 is 2.36 bits per heavy atom. The number of nitrogens with one attached hydrogen (secondary N) is 2. The Bertz CT molecular complexity index is 1210. The minimum Gasteiger partial charge on any atom is -0.367 e. The van der Waals surface area contributed by atoms with Crippen LogP contribution in [0.3, 0.4) is 0 Å². The third-order valence-corrected chi connectivity index (χ3v) is 6.70. The molecule has 2 heterocycles. The van der Waals surface area contributed by atoms with Gasteiger partial charge in [0.25, 0.3) is 0 Å². The second kappa shape index (κ2) is 10.5. The van der Waals surface area contributed by atoms with Gasteiger partial charge in [-0.3, -0.25) is 0 Å². The monoisotopic (exact) mass is 667 g/mol. The summed E-state index contributed by atoms with van der Waals surface area (Å²) in [4.78, 5) is 14.8. The average molecular weight is 668 g/mol. The smallest absolute Gasteiger partial charge is 0.367 e. The summed E-state index contributed by atoms with van der Waals surface area (Å²) in [6, 6.07) is 13.8. The molecular weight excluding hydrogens is 639 g/mol. The molecule has 1 aliphatic rings. The molecule has 0 spiro atoms. The molecule has 1 aliphatic carbocycles. The van der Waals surface area contributed by atoms with E-state index >= 15 is 0 Å². The van der Waals surface area contributed by atoms with Crippen LogP contribution in [0.2, 0.25) is 0 Å². The Kier molecular flexibility index (Phi) is 7.73. The van der Waals surface area contributed by atoms with E-state index in [0.717, 1.165) is 77.7 Å². The molecule has 168 valence electrons. The van der Waals surface area contributed by atoms with Crippen molar-refractivity contribution in [3.05, 3.63) is 68.5 Å². The first-order valence-electron chi connectivity index (χ1n) is 11.3. The minimum atomic E-state index is -0.231. The van der Waals surface area contributed by atoms with E-state index in [9.17, 15) is 4.39 Å². The molecule has 0 saturated heterocycles. The SMILES string of the molecule is [CH2-]CN(C[CH2-])C1CCC(Nc2ncnc3[nH]c4ccc(-c5ccc(F)cc5)cc4c23)CC1.[U+2].